The molecule has 1 aromatic heterocycles. The fourth-order valence-corrected chi connectivity index (χ4v) is 4.70. The summed E-state index contributed by atoms with van der Waals surface area (Å²) in [5, 5.41) is 7.02. The average molecular weight is 438 g/mol. The Bertz CT molecular complexity index is 761. The predicted molar refractivity (Wildman–Crippen MR) is 133 cm³/mol. The zero-order valence-electron chi connectivity index (χ0n) is 17.4. The van der Waals surface area contributed by atoms with E-state index < -0.39 is 0 Å². The van der Waals surface area contributed by atoms with Crippen LogP contribution in [-0.4, -0.2) is 29.6 Å². The number of pyridine rings is 1. The first-order valence-electron chi connectivity index (χ1n) is 10.5. The zero-order chi connectivity index (χ0) is 20.7. The van der Waals surface area contributed by atoms with Crippen LogP contribution in [0.25, 0.3) is 0 Å². The Morgan fingerprint density at radius 2 is 1.03 bits per heavy atom. The summed E-state index contributed by atoms with van der Waals surface area (Å²) in [6.07, 6.45) is 0. The van der Waals surface area contributed by atoms with Crippen LogP contribution >= 0.6 is 23.5 Å². The Kier molecular flexibility index (Phi) is 10.9. The lowest BCUT2D eigenvalue weighted by atomic mass is 10.2. The molecule has 0 aliphatic rings. The van der Waals surface area contributed by atoms with E-state index in [1.165, 1.54) is 11.1 Å². The van der Waals surface area contributed by atoms with Crippen LogP contribution in [0.5, 0.6) is 0 Å². The third-order valence-corrected chi connectivity index (χ3v) is 6.61. The molecule has 0 unspecified atom stereocenters. The summed E-state index contributed by atoms with van der Waals surface area (Å²) in [6.45, 7) is 3.65. The van der Waals surface area contributed by atoms with Crippen molar-refractivity contribution in [3.8, 4) is 0 Å². The molecule has 0 aliphatic carbocycles. The molecular weight excluding hydrogens is 406 g/mol. The highest BCUT2D eigenvalue weighted by molar-refractivity contribution is 7.98. The number of thioether (sulfide) groups is 2. The van der Waals surface area contributed by atoms with Gasteiger partial charge in [0, 0.05) is 49.2 Å². The average Bonchev–Trinajstić information content (AvgIpc) is 2.80. The molecule has 3 aromatic rings. The number of benzene rings is 2. The van der Waals surface area contributed by atoms with Crippen LogP contribution in [0, 0.1) is 0 Å². The van der Waals surface area contributed by atoms with Crippen LogP contribution in [-0.2, 0) is 24.6 Å². The van der Waals surface area contributed by atoms with Crippen LogP contribution in [0.2, 0.25) is 0 Å². The fourth-order valence-electron chi connectivity index (χ4n) is 2.98. The molecule has 2 N–H and O–H groups in total. The van der Waals surface area contributed by atoms with Crippen molar-refractivity contribution < 1.29 is 0 Å². The Balaban J connectivity index is 1.23. The zero-order valence-corrected chi connectivity index (χ0v) is 19.1. The topological polar surface area (TPSA) is 37.0 Å². The lowest BCUT2D eigenvalue weighted by Gasteiger charge is -2.08. The Morgan fingerprint density at radius 3 is 1.50 bits per heavy atom. The molecule has 0 spiro atoms. The van der Waals surface area contributed by atoms with Gasteiger partial charge in [-0.3, -0.25) is 4.98 Å². The highest BCUT2D eigenvalue weighted by Crippen LogP contribution is 2.11. The molecule has 0 saturated heterocycles. The van der Waals surface area contributed by atoms with Gasteiger partial charge >= 0.3 is 0 Å². The van der Waals surface area contributed by atoms with Gasteiger partial charge in [-0.15, -0.1) is 0 Å². The molecule has 30 heavy (non-hydrogen) atoms. The second kappa shape index (κ2) is 14.3. The van der Waals surface area contributed by atoms with Crippen molar-refractivity contribution in [2.75, 3.05) is 24.6 Å². The summed E-state index contributed by atoms with van der Waals surface area (Å²) in [4.78, 5) is 4.76. The van der Waals surface area contributed by atoms with Crippen LogP contribution in [0.15, 0.2) is 78.9 Å². The minimum Gasteiger partial charge on any atom is -0.310 e. The molecule has 158 valence electrons. The van der Waals surface area contributed by atoms with E-state index in [2.05, 4.69) is 89.5 Å². The first-order chi connectivity index (χ1) is 14.9. The minimum atomic E-state index is 0.826. The van der Waals surface area contributed by atoms with E-state index in [0.29, 0.717) is 0 Å². The van der Waals surface area contributed by atoms with Gasteiger partial charge in [-0.2, -0.15) is 23.5 Å². The molecule has 0 aliphatic heterocycles. The smallest absolute Gasteiger partial charge is 0.0545 e. The second-order valence-electron chi connectivity index (χ2n) is 7.05. The first-order valence-corrected chi connectivity index (χ1v) is 12.8. The summed E-state index contributed by atoms with van der Waals surface area (Å²) < 4.78 is 0. The van der Waals surface area contributed by atoms with E-state index in [1.54, 1.807) is 0 Å². The van der Waals surface area contributed by atoms with Crippen LogP contribution in [0.1, 0.15) is 22.5 Å². The van der Waals surface area contributed by atoms with Gasteiger partial charge in [-0.1, -0.05) is 66.7 Å². The lowest BCUT2D eigenvalue weighted by molar-refractivity contribution is 0.686. The number of nitrogens with zero attached hydrogens (tertiary/aromatic N) is 1. The number of rotatable bonds is 14. The van der Waals surface area contributed by atoms with E-state index in [0.717, 1.165) is 60.6 Å². The van der Waals surface area contributed by atoms with Crippen molar-refractivity contribution in [3.63, 3.8) is 0 Å². The standard InChI is InChI=1S/C25H31N3S2/c1-3-8-22(9-4-1)20-29-16-14-26-18-24-12-7-13-25(28-24)19-27-15-17-30-21-23-10-5-2-6-11-23/h1-13,26-27H,14-21H2. The number of hydrogen-bond donors (Lipinski definition) is 2. The van der Waals surface area contributed by atoms with Gasteiger partial charge in [-0.25, -0.2) is 0 Å². The van der Waals surface area contributed by atoms with Gasteiger partial charge in [0.15, 0.2) is 0 Å². The van der Waals surface area contributed by atoms with E-state index >= 15 is 0 Å². The van der Waals surface area contributed by atoms with E-state index in [4.69, 9.17) is 4.98 Å². The van der Waals surface area contributed by atoms with Crippen molar-refractivity contribution in [1.29, 1.82) is 0 Å². The molecule has 3 rings (SSSR count). The maximum atomic E-state index is 4.76. The van der Waals surface area contributed by atoms with E-state index in [9.17, 15) is 0 Å². The third-order valence-electron chi connectivity index (χ3n) is 4.55. The van der Waals surface area contributed by atoms with Crippen LogP contribution in [0.4, 0.5) is 0 Å². The van der Waals surface area contributed by atoms with E-state index in [-0.39, 0.29) is 0 Å². The fraction of sp³-hybridized carbons (Fsp3) is 0.320. The highest BCUT2D eigenvalue weighted by atomic mass is 32.2. The lowest BCUT2D eigenvalue weighted by Crippen LogP contribution is -2.20. The molecule has 0 bridgehead atoms. The molecule has 0 atom stereocenters. The molecule has 1 heterocycles. The number of aromatic nitrogens is 1. The number of hydrogen-bond acceptors (Lipinski definition) is 5. The van der Waals surface area contributed by atoms with Gasteiger partial charge in [0.05, 0.1) is 11.4 Å². The van der Waals surface area contributed by atoms with Crippen LogP contribution in [0.3, 0.4) is 0 Å². The van der Waals surface area contributed by atoms with Gasteiger partial charge < -0.3 is 10.6 Å². The maximum absolute atomic E-state index is 4.76. The summed E-state index contributed by atoms with van der Waals surface area (Å²) in [5.41, 5.74) is 5.01. The summed E-state index contributed by atoms with van der Waals surface area (Å²) in [5.74, 6) is 4.37. The van der Waals surface area contributed by atoms with Crippen molar-refractivity contribution >= 4 is 23.5 Å². The molecule has 3 nitrogen and oxygen atoms in total. The quantitative estimate of drug-likeness (QED) is 0.342. The monoisotopic (exact) mass is 437 g/mol. The maximum Gasteiger partial charge on any atom is 0.0545 e. The van der Waals surface area contributed by atoms with Gasteiger partial charge in [-0.05, 0) is 23.3 Å². The Morgan fingerprint density at radius 1 is 0.567 bits per heavy atom. The Labute approximate surface area is 189 Å². The summed E-state index contributed by atoms with van der Waals surface area (Å²) in [7, 11) is 0. The molecule has 0 saturated carbocycles. The second-order valence-corrected chi connectivity index (χ2v) is 9.26. The molecular formula is C25H31N3S2. The minimum absolute atomic E-state index is 0.826. The normalized spacial score (nSPS) is 10.9. The first kappa shape index (κ1) is 22.9. The molecule has 0 radical (unpaired) electrons. The van der Waals surface area contributed by atoms with Crippen LogP contribution < -0.4 is 10.6 Å². The Hall–Kier alpha value is -1.79. The number of nitrogens with one attached hydrogen (secondary N) is 2. The molecule has 5 heteroatoms. The van der Waals surface area contributed by atoms with Gasteiger partial charge in [0.25, 0.3) is 0 Å². The van der Waals surface area contributed by atoms with Gasteiger partial charge in [0.2, 0.25) is 0 Å². The van der Waals surface area contributed by atoms with E-state index in [1.807, 2.05) is 23.5 Å². The third kappa shape index (κ3) is 9.35. The largest absolute Gasteiger partial charge is 0.310 e. The molecule has 2 aromatic carbocycles. The van der Waals surface area contributed by atoms with Crippen molar-refractivity contribution in [3.05, 3.63) is 101 Å². The summed E-state index contributed by atoms with van der Waals surface area (Å²) in [6, 6.07) is 27.6. The van der Waals surface area contributed by atoms with Gasteiger partial charge in [0.1, 0.15) is 0 Å². The van der Waals surface area contributed by atoms with Crippen molar-refractivity contribution in [2.45, 2.75) is 24.6 Å². The van der Waals surface area contributed by atoms with Crippen molar-refractivity contribution in [1.82, 2.24) is 15.6 Å². The summed E-state index contributed by atoms with van der Waals surface area (Å²) >= 11 is 3.93. The molecule has 0 fully saturated rings. The SMILES string of the molecule is c1ccc(CSCCNCc2cccc(CNCCSCc3ccccc3)n2)cc1. The molecule has 0 amide bonds. The highest BCUT2D eigenvalue weighted by Gasteiger charge is 1.99. The van der Waals surface area contributed by atoms with Crippen molar-refractivity contribution in [2.24, 2.45) is 0 Å². The predicted octanol–water partition coefficient (Wildman–Crippen LogP) is 5.13.